The maximum absolute atomic E-state index is 6.16. The largest absolute Gasteiger partial charge is 0.384 e. The van der Waals surface area contributed by atoms with E-state index in [9.17, 15) is 0 Å². The number of hydrogen-bond donors (Lipinski definition) is 1. The van der Waals surface area contributed by atoms with Crippen molar-refractivity contribution >= 4 is 17.4 Å². The van der Waals surface area contributed by atoms with E-state index >= 15 is 0 Å². The minimum absolute atomic E-state index is 0.347. The maximum atomic E-state index is 6.16. The average molecular weight is 225 g/mol. The van der Waals surface area contributed by atoms with E-state index in [1.165, 1.54) is 12.0 Å². The van der Waals surface area contributed by atoms with Crippen LogP contribution in [0.4, 0.5) is 5.82 Å². The molecule has 3 heteroatoms. The van der Waals surface area contributed by atoms with Gasteiger partial charge in [0.1, 0.15) is 5.82 Å². The van der Waals surface area contributed by atoms with Crippen molar-refractivity contribution in [2.45, 2.75) is 38.0 Å². The number of pyridine rings is 1. The first kappa shape index (κ1) is 10.7. The van der Waals surface area contributed by atoms with Gasteiger partial charge in [-0.05, 0) is 48.8 Å². The van der Waals surface area contributed by atoms with Crippen molar-refractivity contribution in [2.75, 3.05) is 5.73 Å². The van der Waals surface area contributed by atoms with Crippen LogP contribution in [0.2, 0.25) is 0 Å². The van der Waals surface area contributed by atoms with Crippen molar-refractivity contribution in [2.24, 2.45) is 5.41 Å². The zero-order valence-corrected chi connectivity index (χ0v) is 9.80. The van der Waals surface area contributed by atoms with E-state index in [0.717, 1.165) is 19.3 Å². The monoisotopic (exact) mass is 224 g/mol. The molecule has 1 aromatic heterocycles. The molecule has 15 heavy (non-hydrogen) atoms. The molecule has 0 bridgehead atoms. The molecule has 1 saturated carbocycles. The van der Waals surface area contributed by atoms with E-state index in [-0.39, 0.29) is 0 Å². The summed E-state index contributed by atoms with van der Waals surface area (Å²) in [6.45, 7) is 2.31. The first-order chi connectivity index (χ1) is 7.07. The molecule has 1 aliphatic carbocycles. The van der Waals surface area contributed by atoms with E-state index in [1.807, 2.05) is 12.1 Å². The van der Waals surface area contributed by atoms with Crippen molar-refractivity contribution in [1.29, 1.82) is 0 Å². The fourth-order valence-electron chi connectivity index (χ4n) is 2.50. The van der Waals surface area contributed by atoms with Crippen LogP contribution in [0.3, 0.4) is 0 Å². The Morgan fingerprint density at radius 2 is 2.47 bits per heavy atom. The predicted octanol–water partition coefficient (Wildman–Crippen LogP) is 3.00. The van der Waals surface area contributed by atoms with Gasteiger partial charge in [0.15, 0.2) is 0 Å². The molecule has 2 rings (SSSR count). The van der Waals surface area contributed by atoms with Gasteiger partial charge in [-0.25, -0.2) is 4.98 Å². The zero-order valence-electron chi connectivity index (χ0n) is 9.04. The number of anilines is 1. The van der Waals surface area contributed by atoms with Crippen LogP contribution in [-0.2, 0) is 6.42 Å². The maximum Gasteiger partial charge on any atom is 0.123 e. The van der Waals surface area contributed by atoms with Crippen LogP contribution in [-0.4, -0.2) is 10.4 Å². The standard InChI is InChI=1S/C12H17ClN2/c1-12(4-2-10(13)8-12)7-9-3-5-15-11(14)6-9/h3,5-6,10H,2,4,7-8H2,1H3,(H2,14,15). The summed E-state index contributed by atoms with van der Waals surface area (Å²) in [6.07, 6.45) is 6.29. The minimum Gasteiger partial charge on any atom is -0.384 e. The van der Waals surface area contributed by atoms with Crippen LogP contribution in [0.1, 0.15) is 31.7 Å². The number of halogens is 1. The molecule has 0 radical (unpaired) electrons. The topological polar surface area (TPSA) is 38.9 Å². The number of nitrogen functional groups attached to an aromatic ring is 1. The fourth-order valence-corrected chi connectivity index (χ4v) is 2.98. The van der Waals surface area contributed by atoms with Gasteiger partial charge in [0, 0.05) is 11.6 Å². The molecule has 0 spiro atoms. The summed E-state index contributed by atoms with van der Waals surface area (Å²) in [7, 11) is 0. The third-order valence-electron chi connectivity index (χ3n) is 3.25. The highest BCUT2D eigenvalue weighted by atomic mass is 35.5. The van der Waals surface area contributed by atoms with Crippen LogP contribution in [0, 0.1) is 5.41 Å². The second kappa shape index (κ2) is 4.01. The van der Waals surface area contributed by atoms with E-state index in [2.05, 4.69) is 11.9 Å². The summed E-state index contributed by atoms with van der Waals surface area (Å²) >= 11 is 6.16. The van der Waals surface area contributed by atoms with Gasteiger partial charge < -0.3 is 5.73 Å². The molecule has 1 aliphatic rings. The lowest BCUT2D eigenvalue weighted by Gasteiger charge is -2.23. The number of hydrogen-bond acceptors (Lipinski definition) is 2. The summed E-state index contributed by atoms with van der Waals surface area (Å²) in [6, 6.07) is 4.01. The third-order valence-corrected chi connectivity index (χ3v) is 3.62. The highest BCUT2D eigenvalue weighted by Crippen LogP contribution is 2.42. The third kappa shape index (κ3) is 2.63. The molecule has 0 aliphatic heterocycles. The Bertz CT molecular complexity index is 353. The number of nitrogens with two attached hydrogens (primary N) is 1. The molecule has 2 nitrogen and oxygen atoms in total. The number of aromatic nitrogens is 1. The molecule has 0 saturated heterocycles. The van der Waals surface area contributed by atoms with Gasteiger partial charge in [-0.2, -0.15) is 0 Å². The summed E-state index contributed by atoms with van der Waals surface area (Å²) in [5.74, 6) is 0.608. The number of rotatable bonds is 2. The Labute approximate surface area is 95.8 Å². The summed E-state index contributed by atoms with van der Waals surface area (Å²) < 4.78 is 0. The lowest BCUT2D eigenvalue weighted by atomic mass is 9.82. The molecule has 1 heterocycles. The Morgan fingerprint density at radius 3 is 3.07 bits per heavy atom. The lowest BCUT2D eigenvalue weighted by Crippen LogP contribution is -2.15. The van der Waals surface area contributed by atoms with Gasteiger partial charge in [-0.3, -0.25) is 0 Å². The van der Waals surface area contributed by atoms with Crippen molar-refractivity contribution in [3.63, 3.8) is 0 Å². The molecular weight excluding hydrogens is 208 g/mol. The van der Waals surface area contributed by atoms with E-state index in [4.69, 9.17) is 17.3 Å². The molecule has 1 fully saturated rings. The summed E-state index contributed by atoms with van der Waals surface area (Å²) in [4.78, 5) is 4.00. The first-order valence-corrected chi connectivity index (χ1v) is 5.86. The number of nitrogens with zero attached hydrogens (tertiary/aromatic N) is 1. The molecule has 0 amide bonds. The minimum atomic E-state index is 0.347. The molecule has 2 atom stereocenters. The smallest absolute Gasteiger partial charge is 0.123 e. The summed E-state index contributed by atoms with van der Waals surface area (Å²) in [5, 5.41) is 0.356. The Morgan fingerprint density at radius 1 is 1.67 bits per heavy atom. The molecule has 82 valence electrons. The van der Waals surface area contributed by atoms with E-state index in [0.29, 0.717) is 16.6 Å². The SMILES string of the molecule is CC1(Cc2ccnc(N)c2)CCC(Cl)C1. The highest BCUT2D eigenvalue weighted by Gasteiger charge is 2.34. The van der Waals surface area contributed by atoms with E-state index in [1.54, 1.807) is 6.20 Å². The van der Waals surface area contributed by atoms with Gasteiger partial charge in [-0.1, -0.05) is 6.92 Å². The van der Waals surface area contributed by atoms with Crippen molar-refractivity contribution in [3.8, 4) is 0 Å². The quantitative estimate of drug-likeness (QED) is 0.785. The highest BCUT2D eigenvalue weighted by molar-refractivity contribution is 6.20. The van der Waals surface area contributed by atoms with Crippen molar-refractivity contribution in [3.05, 3.63) is 23.9 Å². The van der Waals surface area contributed by atoms with Crippen molar-refractivity contribution in [1.82, 2.24) is 4.98 Å². The van der Waals surface area contributed by atoms with Crippen LogP contribution in [0.5, 0.6) is 0 Å². The zero-order chi connectivity index (χ0) is 10.9. The lowest BCUT2D eigenvalue weighted by molar-refractivity contribution is 0.335. The van der Waals surface area contributed by atoms with Crippen molar-refractivity contribution < 1.29 is 0 Å². The summed E-state index contributed by atoms with van der Waals surface area (Å²) in [5.41, 5.74) is 7.29. The van der Waals surface area contributed by atoms with E-state index < -0.39 is 0 Å². The van der Waals surface area contributed by atoms with Gasteiger partial charge in [0.25, 0.3) is 0 Å². The van der Waals surface area contributed by atoms with Gasteiger partial charge in [0.05, 0.1) is 0 Å². The Balaban J connectivity index is 2.08. The van der Waals surface area contributed by atoms with Gasteiger partial charge in [-0.15, -0.1) is 11.6 Å². The predicted molar refractivity (Wildman–Crippen MR) is 64.0 cm³/mol. The van der Waals surface area contributed by atoms with Gasteiger partial charge >= 0.3 is 0 Å². The fraction of sp³-hybridized carbons (Fsp3) is 0.583. The Hall–Kier alpha value is -0.760. The second-order valence-corrected chi connectivity index (χ2v) is 5.53. The molecule has 0 aromatic carbocycles. The normalized spacial score (nSPS) is 30.7. The first-order valence-electron chi connectivity index (χ1n) is 5.42. The molecule has 2 unspecified atom stereocenters. The van der Waals surface area contributed by atoms with Crippen LogP contribution < -0.4 is 5.73 Å². The van der Waals surface area contributed by atoms with Crippen LogP contribution in [0.25, 0.3) is 0 Å². The molecule has 2 N–H and O–H groups in total. The molecular formula is C12H17ClN2. The second-order valence-electron chi connectivity index (χ2n) is 4.92. The van der Waals surface area contributed by atoms with Gasteiger partial charge in [0.2, 0.25) is 0 Å². The van der Waals surface area contributed by atoms with Crippen LogP contribution >= 0.6 is 11.6 Å². The molecule has 1 aromatic rings. The van der Waals surface area contributed by atoms with Crippen LogP contribution in [0.15, 0.2) is 18.3 Å². The Kier molecular flexibility index (Phi) is 2.87. The number of alkyl halides is 1. The average Bonchev–Trinajstić information content (AvgIpc) is 2.45.